The molecule has 1 aromatic heterocycles. The van der Waals surface area contributed by atoms with Crippen LogP contribution in [-0.2, 0) is 0 Å². The molecule has 2 nitrogen and oxygen atoms in total. The van der Waals surface area contributed by atoms with Crippen molar-refractivity contribution in [2.45, 2.75) is 38.6 Å². The van der Waals surface area contributed by atoms with E-state index in [4.69, 9.17) is 0 Å². The van der Waals surface area contributed by atoms with Crippen molar-refractivity contribution in [2.24, 2.45) is 0 Å². The summed E-state index contributed by atoms with van der Waals surface area (Å²) in [6.07, 6.45) is 5.34. The van der Waals surface area contributed by atoms with Gasteiger partial charge in [0.2, 0.25) is 0 Å². The highest BCUT2D eigenvalue weighted by Gasteiger charge is 2.15. The maximum absolute atomic E-state index is 4.32. The van der Waals surface area contributed by atoms with Crippen LogP contribution in [0.4, 0.5) is 0 Å². The van der Waals surface area contributed by atoms with Crippen molar-refractivity contribution >= 4 is 11.5 Å². The summed E-state index contributed by atoms with van der Waals surface area (Å²) in [5.74, 6) is 0. The molecule has 72 valence electrons. The predicted molar refractivity (Wildman–Crippen MR) is 56.1 cm³/mol. The van der Waals surface area contributed by atoms with Crippen LogP contribution in [0, 0.1) is 6.92 Å². The van der Waals surface area contributed by atoms with Gasteiger partial charge in [0.25, 0.3) is 0 Å². The molecule has 0 aromatic carbocycles. The van der Waals surface area contributed by atoms with Gasteiger partial charge in [-0.1, -0.05) is 12.8 Å². The topological polar surface area (TPSA) is 24.9 Å². The van der Waals surface area contributed by atoms with E-state index >= 15 is 0 Å². The quantitative estimate of drug-likeness (QED) is 0.747. The van der Waals surface area contributed by atoms with Crippen molar-refractivity contribution in [3.8, 4) is 0 Å². The van der Waals surface area contributed by atoms with E-state index in [0.717, 1.165) is 5.69 Å². The summed E-state index contributed by atoms with van der Waals surface area (Å²) in [5, 5.41) is 3.58. The van der Waals surface area contributed by atoms with E-state index in [-0.39, 0.29) is 0 Å². The summed E-state index contributed by atoms with van der Waals surface area (Å²) in [5.41, 5.74) is 1.16. The number of hydrogen-bond donors (Lipinski definition) is 1. The van der Waals surface area contributed by atoms with Crippen LogP contribution < -0.4 is 5.32 Å². The Morgan fingerprint density at radius 1 is 1.46 bits per heavy atom. The van der Waals surface area contributed by atoms with E-state index in [0.29, 0.717) is 6.04 Å². The molecule has 0 bridgehead atoms. The van der Waals surface area contributed by atoms with Gasteiger partial charge >= 0.3 is 0 Å². The molecule has 1 aromatic rings. The van der Waals surface area contributed by atoms with Crippen molar-refractivity contribution in [1.82, 2.24) is 9.69 Å². The first-order valence-corrected chi connectivity index (χ1v) is 5.80. The third-order valence-electron chi connectivity index (χ3n) is 2.55. The first kappa shape index (κ1) is 9.16. The molecule has 1 aliphatic rings. The molecule has 2 rings (SSSR count). The van der Waals surface area contributed by atoms with Gasteiger partial charge in [-0.25, -0.2) is 0 Å². The number of hydrogen-bond acceptors (Lipinski definition) is 3. The van der Waals surface area contributed by atoms with E-state index in [1.165, 1.54) is 37.1 Å². The molecule has 0 amide bonds. The molecule has 1 unspecified atom stereocenters. The monoisotopic (exact) mass is 196 g/mol. The first-order valence-electron chi connectivity index (χ1n) is 5.03. The largest absolute Gasteiger partial charge is 0.309 e. The summed E-state index contributed by atoms with van der Waals surface area (Å²) in [7, 11) is 0. The Labute approximate surface area is 83.5 Å². The molecule has 1 aliphatic heterocycles. The molecule has 0 radical (unpaired) electrons. The highest BCUT2D eigenvalue weighted by molar-refractivity contribution is 7.05. The average molecular weight is 196 g/mol. The summed E-state index contributed by atoms with van der Waals surface area (Å²) >= 11 is 1.65. The smallest absolute Gasteiger partial charge is 0.0514 e. The van der Waals surface area contributed by atoms with E-state index in [2.05, 4.69) is 22.7 Å². The van der Waals surface area contributed by atoms with Gasteiger partial charge in [-0.3, -0.25) is 0 Å². The zero-order chi connectivity index (χ0) is 9.10. The first-order chi connectivity index (χ1) is 6.36. The van der Waals surface area contributed by atoms with Crippen LogP contribution in [0.1, 0.15) is 42.3 Å². The van der Waals surface area contributed by atoms with Crippen LogP contribution in [0.5, 0.6) is 0 Å². The molecule has 2 heterocycles. The highest BCUT2D eigenvalue weighted by Crippen LogP contribution is 2.25. The van der Waals surface area contributed by atoms with Gasteiger partial charge in [-0.05, 0) is 43.9 Å². The van der Waals surface area contributed by atoms with E-state index in [1.807, 2.05) is 0 Å². The summed E-state index contributed by atoms with van der Waals surface area (Å²) in [4.78, 5) is 1.42. The second kappa shape index (κ2) is 4.20. The lowest BCUT2D eigenvalue weighted by molar-refractivity contribution is 0.543. The lowest BCUT2D eigenvalue weighted by atomic mass is 10.1. The fraction of sp³-hybridized carbons (Fsp3) is 0.700. The van der Waals surface area contributed by atoms with Crippen LogP contribution in [0.3, 0.4) is 0 Å². The van der Waals surface area contributed by atoms with Gasteiger partial charge in [0.05, 0.1) is 5.69 Å². The Morgan fingerprint density at radius 3 is 3.15 bits per heavy atom. The Morgan fingerprint density at radius 2 is 2.38 bits per heavy atom. The Hall–Kier alpha value is -0.410. The second-order valence-electron chi connectivity index (χ2n) is 3.73. The highest BCUT2D eigenvalue weighted by atomic mass is 32.1. The van der Waals surface area contributed by atoms with Crippen molar-refractivity contribution < 1.29 is 0 Å². The molecule has 3 heteroatoms. The van der Waals surface area contributed by atoms with Crippen molar-refractivity contribution in [3.63, 3.8) is 0 Å². The van der Waals surface area contributed by atoms with Crippen LogP contribution in [0.15, 0.2) is 6.07 Å². The van der Waals surface area contributed by atoms with E-state index in [1.54, 1.807) is 11.5 Å². The zero-order valence-electron chi connectivity index (χ0n) is 8.05. The van der Waals surface area contributed by atoms with Gasteiger partial charge in [-0.15, -0.1) is 0 Å². The Bertz CT molecular complexity index is 262. The minimum Gasteiger partial charge on any atom is -0.309 e. The van der Waals surface area contributed by atoms with Gasteiger partial charge < -0.3 is 5.32 Å². The maximum Gasteiger partial charge on any atom is 0.0514 e. The summed E-state index contributed by atoms with van der Waals surface area (Å²) in [6.45, 7) is 3.23. The van der Waals surface area contributed by atoms with Crippen LogP contribution >= 0.6 is 11.5 Å². The molecule has 1 atom stereocenters. The van der Waals surface area contributed by atoms with Crippen LogP contribution in [0.2, 0.25) is 0 Å². The minimum absolute atomic E-state index is 0.577. The maximum atomic E-state index is 4.32. The lowest BCUT2D eigenvalue weighted by Gasteiger charge is -2.12. The summed E-state index contributed by atoms with van der Waals surface area (Å²) < 4.78 is 4.32. The van der Waals surface area contributed by atoms with E-state index in [9.17, 15) is 0 Å². The summed E-state index contributed by atoms with van der Waals surface area (Å²) in [6, 6.07) is 2.79. The zero-order valence-corrected chi connectivity index (χ0v) is 8.86. The number of nitrogens with zero attached hydrogens (tertiary/aromatic N) is 1. The number of aryl methyl sites for hydroxylation is 1. The Balaban J connectivity index is 2.06. The molecule has 0 spiro atoms. The fourth-order valence-electron chi connectivity index (χ4n) is 1.82. The minimum atomic E-state index is 0.577. The SMILES string of the molecule is Cc1cc(C2CCCCCN2)sn1. The number of rotatable bonds is 1. The van der Waals surface area contributed by atoms with Gasteiger partial charge in [0, 0.05) is 10.9 Å². The second-order valence-corrected chi connectivity index (χ2v) is 4.56. The Kier molecular flexibility index (Phi) is 2.96. The van der Waals surface area contributed by atoms with Gasteiger partial charge in [0.15, 0.2) is 0 Å². The molecule has 1 N–H and O–H groups in total. The molecular formula is C10H16N2S. The van der Waals surface area contributed by atoms with Gasteiger partial charge in [0.1, 0.15) is 0 Å². The molecule has 1 saturated heterocycles. The average Bonchev–Trinajstić information content (AvgIpc) is 2.43. The molecule has 0 saturated carbocycles. The fourth-order valence-corrected chi connectivity index (χ4v) is 2.67. The van der Waals surface area contributed by atoms with Gasteiger partial charge in [-0.2, -0.15) is 4.37 Å². The molecule has 13 heavy (non-hydrogen) atoms. The van der Waals surface area contributed by atoms with E-state index < -0.39 is 0 Å². The van der Waals surface area contributed by atoms with Crippen LogP contribution in [0.25, 0.3) is 0 Å². The third-order valence-corrected chi connectivity index (χ3v) is 3.54. The van der Waals surface area contributed by atoms with Crippen molar-refractivity contribution in [2.75, 3.05) is 6.54 Å². The standard InChI is InChI=1S/C10H16N2S/c1-8-7-10(13-12-8)9-5-3-2-4-6-11-9/h7,9,11H,2-6H2,1H3. The lowest BCUT2D eigenvalue weighted by Crippen LogP contribution is -2.19. The molecule has 0 aliphatic carbocycles. The number of nitrogens with one attached hydrogen (secondary N) is 1. The van der Waals surface area contributed by atoms with Crippen molar-refractivity contribution in [3.05, 3.63) is 16.6 Å². The number of aromatic nitrogens is 1. The molecular weight excluding hydrogens is 180 g/mol. The predicted octanol–water partition coefficient (Wildman–Crippen LogP) is 2.66. The normalized spacial score (nSPS) is 24.2. The molecule has 1 fully saturated rings. The van der Waals surface area contributed by atoms with Crippen molar-refractivity contribution in [1.29, 1.82) is 0 Å². The third kappa shape index (κ3) is 2.29. The van der Waals surface area contributed by atoms with Crippen LogP contribution in [-0.4, -0.2) is 10.9 Å².